The molecule has 2 amide bonds. The Balaban J connectivity index is 1.82. The molecular weight excluding hydrogens is 311 g/mol. The van der Waals surface area contributed by atoms with Gasteiger partial charge in [-0.05, 0) is 18.9 Å². The van der Waals surface area contributed by atoms with Crippen molar-refractivity contribution < 1.29 is 18.7 Å². The van der Waals surface area contributed by atoms with Crippen LogP contribution in [0.1, 0.15) is 43.7 Å². The highest BCUT2D eigenvalue weighted by Crippen LogP contribution is 2.31. The molecule has 3 rings (SSSR count). The molecule has 2 atom stereocenters. The van der Waals surface area contributed by atoms with E-state index in [1.165, 1.54) is 17.4 Å². The third kappa shape index (κ3) is 3.43. The fraction of sp³-hybridized carbons (Fsp3) is 0.556. The van der Waals surface area contributed by atoms with Gasteiger partial charge in [-0.2, -0.15) is 0 Å². The van der Waals surface area contributed by atoms with Gasteiger partial charge in [-0.15, -0.1) is 0 Å². The molecule has 1 saturated carbocycles. The molecule has 1 aliphatic carbocycles. The SMILES string of the molecule is CN1C(=O)CO[C@H](C(=O)NC2CCCCC2)[C@@H]1c1ccccc1F. The maximum Gasteiger partial charge on any atom is 0.251 e. The van der Waals surface area contributed by atoms with Crippen LogP contribution >= 0.6 is 0 Å². The van der Waals surface area contributed by atoms with Crippen LogP contribution in [0.4, 0.5) is 4.39 Å². The molecule has 5 nitrogen and oxygen atoms in total. The summed E-state index contributed by atoms with van der Waals surface area (Å²) in [6.07, 6.45) is 4.42. The number of amides is 2. The number of likely N-dealkylation sites (N-methyl/N-ethyl adjacent to an activating group) is 1. The molecule has 24 heavy (non-hydrogen) atoms. The number of nitrogens with zero attached hydrogens (tertiary/aromatic N) is 1. The zero-order valence-corrected chi connectivity index (χ0v) is 13.8. The maximum absolute atomic E-state index is 14.2. The minimum atomic E-state index is -0.897. The summed E-state index contributed by atoms with van der Waals surface area (Å²) in [6.45, 7) is -0.162. The van der Waals surface area contributed by atoms with Crippen LogP contribution in [0.5, 0.6) is 0 Å². The van der Waals surface area contributed by atoms with Crippen molar-refractivity contribution in [3.05, 3.63) is 35.6 Å². The first-order chi connectivity index (χ1) is 11.6. The smallest absolute Gasteiger partial charge is 0.251 e. The van der Waals surface area contributed by atoms with E-state index < -0.39 is 18.0 Å². The Bertz CT molecular complexity index is 616. The van der Waals surface area contributed by atoms with Gasteiger partial charge in [0.2, 0.25) is 5.91 Å². The second-order valence-corrected chi connectivity index (χ2v) is 6.55. The summed E-state index contributed by atoms with van der Waals surface area (Å²) in [5, 5.41) is 3.02. The van der Waals surface area contributed by atoms with Gasteiger partial charge >= 0.3 is 0 Å². The van der Waals surface area contributed by atoms with Crippen molar-refractivity contribution in [3.8, 4) is 0 Å². The lowest BCUT2D eigenvalue weighted by molar-refractivity contribution is -0.162. The summed E-state index contributed by atoms with van der Waals surface area (Å²) in [6, 6.07) is 5.59. The molecule has 1 aliphatic heterocycles. The quantitative estimate of drug-likeness (QED) is 0.922. The van der Waals surface area contributed by atoms with Crippen LogP contribution in [-0.2, 0) is 14.3 Å². The van der Waals surface area contributed by atoms with Crippen molar-refractivity contribution in [2.75, 3.05) is 13.7 Å². The van der Waals surface area contributed by atoms with Crippen LogP contribution in [0.15, 0.2) is 24.3 Å². The maximum atomic E-state index is 14.2. The molecule has 1 aromatic carbocycles. The Morgan fingerprint density at radius 1 is 1.25 bits per heavy atom. The molecule has 0 unspecified atom stereocenters. The third-order valence-electron chi connectivity index (χ3n) is 4.92. The molecule has 130 valence electrons. The minimum absolute atomic E-state index is 0.138. The number of ether oxygens (including phenoxy) is 1. The molecule has 1 saturated heterocycles. The van der Waals surface area contributed by atoms with E-state index in [-0.39, 0.29) is 24.5 Å². The van der Waals surface area contributed by atoms with Crippen molar-refractivity contribution in [2.24, 2.45) is 0 Å². The van der Waals surface area contributed by atoms with Gasteiger partial charge in [-0.3, -0.25) is 9.59 Å². The van der Waals surface area contributed by atoms with E-state index in [1.807, 2.05) is 0 Å². The van der Waals surface area contributed by atoms with E-state index in [2.05, 4.69) is 5.32 Å². The fourth-order valence-corrected chi connectivity index (χ4v) is 3.55. The van der Waals surface area contributed by atoms with Crippen molar-refractivity contribution in [3.63, 3.8) is 0 Å². The Hall–Kier alpha value is -1.95. The highest BCUT2D eigenvalue weighted by molar-refractivity contribution is 5.86. The largest absolute Gasteiger partial charge is 0.356 e. The monoisotopic (exact) mass is 334 g/mol. The predicted molar refractivity (Wildman–Crippen MR) is 86.7 cm³/mol. The number of benzene rings is 1. The third-order valence-corrected chi connectivity index (χ3v) is 4.92. The minimum Gasteiger partial charge on any atom is -0.356 e. The molecule has 6 heteroatoms. The second kappa shape index (κ2) is 7.30. The molecule has 0 bridgehead atoms. The van der Waals surface area contributed by atoms with Crippen LogP contribution in [0.2, 0.25) is 0 Å². The highest BCUT2D eigenvalue weighted by atomic mass is 19.1. The fourth-order valence-electron chi connectivity index (χ4n) is 3.55. The standard InChI is InChI=1S/C18H23FN2O3/c1-21-15(22)11-24-17(16(21)13-9-5-6-10-14(13)19)18(23)20-12-7-3-2-4-8-12/h5-6,9-10,12,16-17H,2-4,7-8,11H2,1H3,(H,20,23)/t16-,17-/m0/s1. The van der Waals surface area contributed by atoms with E-state index >= 15 is 0 Å². The Morgan fingerprint density at radius 2 is 1.96 bits per heavy atom. The number of hydrogen-bond donors (Lipinski definition) is 1. The van der Waals surface area contributed by atoms with Crippen LogP contribution < -0.4 is 5.32 Å². The number of rotatable bonds is 3. The van der Waals surface area contributed by atoms with Gasteiger partial charge in [0, 0.05) is 18.7 Å². The summed E-state index contributed by atoms with van der Waals surface area (Å²) < 4.78 is 19.8. The van der Waals surface area contributed by atoms with Gasteiger partial charge in [-0.25, -0.2) is 4.39 Å². The zero-order chi connectivity index (χ0) is 17.1. The second-order valence-electron chi connectivity index (χ2n) is 6.55. The predicted octanol–water partition coefficient (Wildman–Crippen LogP) is 2.17. The summed E-state index contributed by atoms with van der Waals surface area (Å²) in [7, 11) is 1.59. The first-order valence-corrected chi connectivity index (χ1v) is 8.50. The van der Waals surface area contributed by atoms with E-state index in [0.717, 1.165) is 25.7 Å². The van der Waals surface area contributed by atoms with Crippen LogP contribution in [0.3, 0.4) is 0 Å². The molecule has 2 aliphatic rings. The first-order valence-electron chi connectivity index (χ1n) is 8.50. The molecule has 1 heterocycles. The van der Waals surface area contributed by atoms with Gasteiger partial charge in [0.15, 0.2) is 6.10 Å². The lowest BCUT2D eigenvalue weighted by Gasteiger charge is -2.39. The Morgan fingerprint density at radius 3 is 2.67 bits per heavy atom. The average molecular weight is 334 g/mol. The van der Waals surface area contributed by atoms with Crippen LogP contribution in [0, 0.1) is 5.82 Å². The topological polar surface area (TPSA) is 58.6 Å². The van der Waals surface area contributed by atoms with E-state index in [1.54, 1.807) is 25.2 Å². The van der Waals surface area contributed by atoms with E-state index in [9.17, 15) is 14.0 Å². The average Bonchev–Trinajstić information content (AvgIpc) is 2.59. The lowest BCUT2D eigenvalue weighted by atomic mass is 9.93. The molecule has 0 radical (unpaired) electrons. The number of carbonyl (C=O) groups excluding carboxylic acids is 2. The Kier molecular flexibility index (Phi) is 5.14. The van der Waals surface area contributed by atoms with Gasteiger partial charge in [0.05, 0.1) is 6.04 Å². The first kappa shape index (κ1) is 16.9. The number of morpholine rings is 1. The molecule has 2 fully saturated rings. The van der Waals surface area contributed by atoms with E-state index in [0.29, 0.717) is 5.56 Å². The van der Waals surface area contributed by atoms with Crippen molar-refractivity contribution in [2.45, 2.75) is 50.3 Å². The zero-order valence-electron chi connectivity index (χ0n) is 13.8. The van der Waals surface area contributed by atoms with Crippen molar-refractivity contribution in [1.82, 2.24) is 10.2 Å². The van der Waals surface area contributed by atoms with Gasteiger partial charge < -0.3 is 15.0 Å². The van der Waals surface area contributed by atoms with Crippen LogP contribution in [-0.4, -0.2) is 42.5 Å². The number of nitrogens with one attached hydrogen (secondary N) is 1. The molecule has 0 spiro atoms. The Labute approximate surface area is 141 Å². The number of hydrogen-bond acceptors (Lipinski definition) is 3. The number of halogens is 1. The van der Waals surface area contributed by atoms with Gasteiger partial charge in [0.25, 0.3) is 5.91 Å². The molecular formula is C18H23FN2O3. The van der Waals surface area contributed by atoms with E-state index in [4.69, 9.17) is 4.74 Å². The van der Waals surface area contributed by atoms with Crippen molar-refractivity contribution >= 4 is 11.8 Å². The molecule has 1 aromatic rings. The molecule has 1 N–H and O–H groups in total. The lowest BCUT2D eigenvalue weighted by Crippen LogP contribution is -2.54. The molecule has 0 aromatic heterocycles. The van der Waals surface area contributed by atoms with Gasteiger partial charge in [-0.1, -0.05) is 37.5 Å². The van der Waals surface area contributed by atoms with Crippen molar-refractivity contribution in [1.29, 1.82) is 0 Å². The highest BCUT2D eigenvalue weighted by Gasteiger charge is 2.41. The summed E-state index contributed by atoms with van der Waals surface area (Å²) >= 11 is 0. The number of carbonyl (C=O) groups is 2. The summed E-state index contributed by atoms with van der Waals surface area (Å²) in [5.74, 6) is -0.970. The normalized spacial score (nSPS) is 25.6. The summed E-state index contributed by atoms with van der Waals surface area (Å²) in [5.41, 5.74) is 0.303. The van der Waals surface area contributed by atoms with Gasteiger partial charge in [0.1, 0.15) is 12.4 Å². The summed E-state index contributed by atoms with van der Waals surface area (Å²) in [4.78, 5) is 26.1. The van der Waals surface area contributed by atoms with Crippen LogP contribution in [0.25, 0.3) is 0 Å².